The fourth-order valence-electron chi connectivity index (χ4n) is 2.55. The zero-order chi connectivity index (χ0) is 20.7. The van der Waals surface area contributed by atoms with Gasteiger partial charge in [-0.2, -0.15) is 0 Å². The molecular weight excluding hydrogens is 352 g/mol. The molecule has 28 heavy (non-hydrogen) atoms. The highest BCUT2D eigenvalue weighted by molar-refractivity contribution is 5.69. The molecule has 0 saturated carbocycles. The van der Waals surface area contributed by atoms with Crippen LogP contribution in [0.25, 0.3) is 0 Å². The Morgan fingerprint density at radius 3 is 2.25 bits per heavy atom. The lowest BCUT2D eigenvalue weighted by Crippen LogP contribution is -2.27. The number of allylic oxidation sites excluding steroid dienone is 6. The summed E-state index contributed by atoms with van der Waals surface area (Å²) in [5.41, 5.74) is 0. The smallest absolute Gasteiger partial charge is 0.306 e. The van der Waals surface area contributed by atoms with E-state index in [0.717, 1.165) is 51.4 Å². The number of carbonyl (C=O) groups excluding carboxylic acids is 1. The standard InChI is InChI=1S/C24H42O4/c1-3-5-7-8-9-10-11-12-13-14-15-16-17-18-20-27-22-23(21-25)28-24(26)19-6-4-2/h5,7,9-10,12-13,23,25H,3-4,6,8,11,14-22H2,1-2H3/b7-5-,10-9-,13-12-. The van der Waals surface area contributed by atoms with E-state index in [1.54, 1.807) is 0 Å². The van der Waals surface area contributed by atoms with Crippen LogP contribution in [0.1, 0.15) is 84.5 Å². The minimum atomic E-state index is -0.536. The normalized spacial score (nSPS) is 13.1. The average Bonchev–Trinajstić information content (AvgIpc) is 2.70. The number of hydrogen-bond acceptors (Lipinski definition) is 4. The quantitative estimate of drug-likeness (QED) is 0.168. The molecule has 0 heterocycles. The van der Waals surface area contributed by atoms with Gasteiger partial charge in [0.2, 0.25) is 0 Å². The largest absolute Gasteiger partial charge is 0.457 e. The van der Waals surface area contributed by atoms with Gasteiger partial charge in [-0.05, 0) is 44.9 Å². The zero-order valence-electron chi connectivity index (χ0n) is 18.1. The molecule has 0 aliphatic rings. The average molecular weight is 395 g/mol. The molecule has 162 valence electrons. The summed E-state index contributed by atoms with van der Waals surface area (Å²) in [6, 6.07) is 0. The van der Waals surface area contributed by atoms with E-state index in [4.69, 9.17) is 9.47 Å². The summed E-state index contributed by atoms with van der Waals surface area (Å²) in [6.45, 7) is 4.92. The molecular formula is C24H42O4. The molecule has 0 aliphatic heterocycles. The summed E-state index contributed by atoms with van der Waals surface area (Å²) >= 11 is 0. The Hall–Kier alpha value is -1.39. The van der Waals surface area contributed by atoms with Crippen LogP contribution in [0.4, 0.5) is 0 Å². The summed E-state index contributed by atoms with van der Waals surface area (Å²) in [4.78, 5) is 11.5. The lowest BCUT2D eigenvalue weighted by atomic mass is 10.1. The van der Waals surface area contributed by atoms with E-state index in [0.29, 0.717) is 13.0 Å². The molecule has 1 atom stereocenters. The van der Waals surface area contributed by atoms with E-state index in [1.807, 2.05) is 6.92 Å². The van der Waals surface area contributed by atoms with Crippen LogP contribution >= 0.6 is 0 Å². The van der Waals surface area contributed by atoms with Gasteiger partial charge in [0.25, 0.3) is 0 Å². The van der Waals surface area contributed by atoms with Gasteiger partial charge >= 0.3 is 5.97 Å². The van der Waals surface area contributed by atoms with Gasteiger partial charge in [-0.1, -0.05) is 69.6 Å². The third-order valence-electron chi connectivity index (χ3n) is 4.23. The summed E-state index contributed by atoms with van der Waals surface area (Å²) in [5.74, 6) is -0.249. The Bertz CT molecular complexity index is 426. The van der Waals surface area contributed by atoms with Crippen LogP contribution in [0, 0.1) is 0 Å². The Morgan fingerprint density at radius 2 is 1.57 bits per heavy atom. The second kappa shape index (κ2) is 21.9. The highest BCUT2D eigenvalue weighted by Gasteiger charge is 2.13. The zero-order valence-corrected chi connectivity index (χ0v) is 18.1. The molecule has 0 aromatic carbocycles. The third-order valence-corrected chi connectivity index (χ3v) is 4.23. The van der Waals surface area contributed by atoms with Crippen molar-refractivity contribution in [2.75, 3.05) is 19.8 Å². The molecule has 0 spiro atoms. The molecule has 1 unspecified atom stereocenters. The van der Waals surface area contributed by atoms with Crippen molar-refractivity contribution < 1.29 is 19.4 Å². The van der Waals surface area contributed by atoms with Crippen molar-refractivity contribution in [2.24, 2.45) is 0 Å². The van der Waals surface area contributed by atoms with Gasteiger partial charge in [0.15, 0.2) is 0 Å². The van der Waals surface area contributed by atoms with Crippen molar-refractivity contribution in [3.8, 4) is 0 Å². The summed E-state index contributed by atoms with van der Waals surface area (Å²) in [7, 11) is 0. The lowest BCUT2D eigenvalue weighted by molar-refractivity contribution is -0.154. The maximum absolute atomic E-state index is 11.5. The lowest BCUT2D eigenvalue weighted by Gasteiger charge is -2.15. The number of aliphatic hydroxyl groups is 1. The molecule has 0 fully saturated rings. The monoisotopic (exact) mass is 394 g/mol. The van der Waals surface area contributed by atoms with Crippen molar-refractivity contribution in [3.05, 3.63) is 36.5 Å². The van der Waals surface area contributed by atoms with E-state index >= 15 is 0 Å². The van der Waals surface area contributed by atoms with Gasteiger partial charge in [0.1, 0.15) is 6.10 Å². The first kappa shape index (κ1) is 26.6. The van der Waals surface area contributed by atoms with E-state index < -0.39 is 6.10 Å². The van der Waals surface area contributed by atoms with E-state index in [9.17, 15) is 9.90 Å². The Balaban J connectivity index is 3.47. The first-order valence-corrected chi connectivity index (χ1v) is 11.1. The van der Waals surface area contributed by atoms with Crippen molar-refractivity contribution in [2.45, 2.75) is 90.6 Å². The highest BCUT2D eigenvalue weighted by atomic mass is 16.6. The van der Waals surface area contributed by atoms with Gasteiger partial charge in [0, 0.05) is 13.0 Å². The number of esters is 1. The van der Waals surface area contributed by atoms with Crippen LogP contribution in [0.3, 0.4) is 0 Å². The first-order valence-electron chi connectivity index (χ1n) is 11.1. The number of carbonyl (C=O) groups is 1. The van der Waals surface area contributed by atoms with Gasteiger partial charge in [0.05, 0.1) is 13.2 Å². The van der Waals surface area contributed by atoms with Crippen LogP contribution in [0.2, 0.25) is 0 Å². The molecule has 0 aromatic heterocycles. The number of unbranched alkanes of at least 4 members (excludes halogenated alkanes) is 5. The Kier molecular flexibility index (Phi) is 20.8. The third kappa shape index (κ3) is 19.4. The summed E-state index contributed by atoms with van der Waals surface area (Å²) < 4.78 is 10.7. The predicted molar refractivity (Wildman–Crippen MR) is 117 cm³/mol. The molecule has 1 N–H and O–H groups in total. The fourth-order valence-corrected chi connectivity index (χ4v) is 2.55. The minimum absolute atomic E-state index is 0.186. The molecule has 4 nitrogen and oxygen atoms in total. The second-order valence-corrected chi connectivity index (χ2v) is 6.97. The molecule has 0 rings (SSSR count). The number of hydrogen-bond donors (Lipinski definition) is 1. The molecule has 0 radical (unpaired) electrons. The number of ether oxygens (including phenoxy) is 2. The van der Waals surface area contributed by atoms with Gasteiger partial charge in [-0.3, -0.25) is 4.79 Å². The van der Waals surface area contributed by atoms with Crippen LogP contribution in [-0.4, -0.2) is 37.0 Å². The molecule has 0 aliphatic carbocycles. The fraction of sp³-hybridized carbons (Fsp3) is 0.708. The molecule has 0 amide bonds. The second-order valence-electron chi connectivity index (χ2n) is 6.97. The van der Waals surface area contributed by atoms with Crippen molar-refractivity contribution in [1.82, 2.24) is 0 Å². The van der Waals surface area contributed by atoms with Crippen LogP contribution in [-0.2, 0) is 14.3 Å². The van der Waals surface area contributed by atoms with E-state index in [-0.39, 0.29) is 19.2 Å². The van der Waals surface area contributed by atoms with Gasteiger partial charge in [-0.15, -0.1) is 0 Å². The molecule has 0 aromatic rings. The topological polar surface area (TPSA) is 55.8 Å². The van der Waals surface area contributed by atoms with Crippen LogP contribution < -0.4 is 0 Å². The van der Waals surface area contributed by atoms with E-state index in [1.165, 1.54) is 12.8 Å². The van der Waals surface area contributed by atoms with Crippen molar-refractivity contribution in [3.63, 3.8) is 0 Å². The minimum Gasteiger partial charge on any atom is -0.457 e. The maximum Gasteiger partial charge on any atom is 0.306 e. The van der Waals surface area contributed by atoms with Gasteiger partial charge < -0.3 is 14.6 Å². The molecule has 0 saturated heterocycles. The van der Waals surface area contributed by atoms with Gasteiger partial charge in [-0.25, -0.2) is 0 Å². The highest BCUT2D eigenvalue weighted by Crippen LogP contribution is 2.06. The molecule has 0 bridgehead atoms. The number of rotatable bonds is 19. The van der Waals surface area contributed by atoms with Crippen LogP contribution in [0.15, 0.2) is 36.5 Å². The summed E-state index contributed by atoms with van der Waals surface area (Å²) in [6.07, 6.45) is 23.8. The van der Waals surface area contributed by atoms with Crippen LogP contribution in [0.5, 0.6) is 0 Å². The van der Waals surface area contributed by atoms with Crippen molar-refractivity contribution in [1.29, 1.82) is 0 Å². The SMILES string of the molecule is CC/C=C\C/C=C\C/C=C\CCCCCCOCC(CO)OC(=O)CCCC. The van der Waals surface area contributed by atoms with Crippen molar-refractivity contribution >= 4 is 5.97 Å². The molecule has 4 heteroatoms. The number of aliphatic hydroxyl groups excluding tert-OH is 1. The van der Waals surface area contributed by atoms with E-state index in [2.05, 4.69) is 43.4 Å². The first-order chi connectivity index (χ1) is 13.7. The summed E-state index contributed by atoms with van der Waals surface area (Å²) in [5, 5.41) is 9.26. The Morgan fingerprint density at radius 1 is 0.893 bits per heavy atom. The predicted octanol–water partition coefficient (Wildman–Crippen LogP) is 5.91. The maximum atomic E-state index is 11.5. The Labute approximate surface area is 172 Å².